The Labute approximate surface area is 152 Å². The summed E-state index contributed by atoms with van der Waals surface area (Å²) in [5, 5.41) is 9.20. The second-order valence-electron chi connectivity index (χ2n) is 4.81. The highest BCUT2D eigenvalue weighted by molar-refractivity contribution is 9.10. The van der Waals surface area contributed by atoms with Crippen molar-refractivity contribution in [3.63, 3.8) is 0 Å². The van der Waals surface area contributed by atoms with Gasteiger partial charge in [-0.15, -0.1) is 10.2 Å². The molecule has 0 atom stereocenters. The highest BCUT2D eigenvalue weighted by Gasteiger charge is 2.06. The van der Waals surface area contributed by atoms with Gasteiger partial charge in [-0.05, 0) is 35.9 Å². The van der Waals surface area contributed by atoms with Gasteiger partial charge in [0, 0.05) is 26.2 Å². The highest BCUT2D eigenvalue weighted by atomic mass is 79.9. The zero-order chi connectivity index (χ0) is 16.2. The fourth-order valence-corrected chi connectivity index (χ4v) is 2.79. The third kappa shape index (κ3) is 4.22. The van der Waals surface area contributed by atoms with Crippen molar-refractivity contribution in [3.05, 3.63) is 79.9 Å². The Morgan fingerprint density at radius 3 is 2.35 bits per heavy atom. The van der Waals surface area contributed by atoms with Crippen LogP contribution in [-0.4, -0.2) is 10.2 Å². The largest absolute Gasteiger partial charge is 0.421 e. The molecule has 0 bridgehead atoms. The summed E-state index contributed by atoms with van der Waals surface area (Å²) >= 11 is 15.6. The zero-order valence-electron chi connectivity index (χ0n) is 11.8. The number of hydrogen-bond donors (Lipinski definition) is 0. The molecule has 0 unspecified atom stereocenters. The van der Waals surface area contributed by atoms with Gasteiger partial charge in [0.05, 0.1) is 6.42 Å². The van der Waals surface area contributed by atoms with E-state index in [1.807, 2.05) is 24.3 Å². The first-order chi connectivity index (χ1) is 11.1. The van der Waals surface area contributed by atoms with Crippen molar-refractivity contribution in [2.45, 2.75) is 6.42 Å². The van der Waals surface area contributed by atoms with Crippen LogP contribution in [0.5, 0.6) is 0 Å². The molecule has 0 aliphatic carbocycles. The lowest BCUT2D eigenvalue weighted by atomic mass is 10.1. The van der Waals surface area contributed by atoms with Crippen LogP contribution in [0.2, 0.25) is 10.0 Å². The van der Waals surface area contributed by atoms with Crippen molar-refractivity contribution in [2.75, 3.05) is 0 Å². The second kappa shape index (κ2) is 7.30. The molecule has 0 saturated carbocycles. The molecule has 0 aliphatic heterocycles. The van der Waals surface area contributed by atoms with Crippen LogP contribution in [-0.2, 0) is 6.42 Å². The first kappa shape index (κ1) is 16.2. The third-order valence-electron chi connectivity index (χ3n) is 3.14. The van der Waals surface area contributed by atoms with Crippen LogP contribution in [0.4, 0.5) is 0 Å². The normalized spacial score (nSPS) is 11.3. The molecule has 0 fully saturated rings. The minimum atomic E-state index is 0.410. The van der Waals surface area contributed by atoms with Gasteiger partial charge in [0.2, 0.25) is 11.8 Å². The molecule has 3 aromatic rings. The Bertz CT molecular complexity index is 824. The third-order valence-corrected chi connectivity index (χ3v) is 4.33. The van der Waals surface area contributed by atoms with E-state index in [-0.39, 0.29) is 0 Å². The maximum atomic E-state index is 6.11. The van der Waals surface area contributed by atoms with Crippen LogP contribution in [0.25, 0.3) is 12.2 Å². The van der Waals surface area contributed by atoms with E-state index in [0.717, 1.165) is 15.6 Å². The van der Waals surface area contributed by atoms with Gasteiger partial charge in [-0.3, -0.25) is 0 Å². The summed E-state index contributed by atoms with van der Waals surface area (Å²) in [6, 6.07) is 13.3. The van der Waals surface area contributed by atoms with Gasteiger partial charge in [0.25, 0.3) is 0 Å². The van der Waals surface area contributed by atoms with Crippen molar-refractivity contribution in [1.29, 1.82) is 0 Å². The molecule has 6 heteroatoms. The first-order valence-corrected chi connectivity index (χ1v) is 8.35. The van der Waals surface area contributed by atoms with Gasteiger partial charge in [-0.1, -0.05) is 57.3 Å². The van der Waals surface area contributed by atoms with Gasteiger partial charge >= 0.3 is 0 Å². The van der Waals surface area contributed by atoms with Crippen LogP contribution < -0.4 is 0 Å². The summed E-state index contributed by atoms with van der Waals surface area (Å²) in [4.78, 5) is 0. The van der Waals surface area contributed by atoms with Crippen LogP contribution in [0.3, 0.4) is 0 Å². The summed E-state index contributed by atoms with van der Waals surface area (Å²) in [7, 11) is 0. The lowest BCUT2D eigenvalue weighted by Crippen LogP contribution is -1.87. The molecular formula is C17H11BrCl2N2O. The molecule has 1 aromatic heterocycles. The molecule has 23 heavy (non-hydrogen) atoms. The summed E-state index contributed by atoms with van der Waals surface area (Å²) in [5.41, 5.74) is 1.82. The minimum Gasteiger partial charge on any atom is -0.421 e. The highest BCUT2D eigenvalue weighted by Crippen LogP contribution is 2.26. The Balaban J connectivity index is 1.74. The number of halogens is 3. The number of nitrogens with zero attached hydrogens (tertiary/aromatic N) is 2. The SMILES string of the molecule is Clc1cccc(Cl)c1C=Cc1nnc(Cc2ccc(Br)cc2)o1. The quantitative estimate of drug-likeness (QED) is 0.538. The molecule has 0 spiro atoms. The van der Waals surface area contributed by atoms with Gasteiger partial charge in [0.15, 0.2) is 0 Å². The molecule has 3 nitrogen and oxygen atoms in total. The number of benzene rings is 2. The number of hydrogen-bond acceptors (Lipinski definition) is 3. The second-order valence-corrected chi connectivity index (χ2v) is 6.54. The van der Waals surface area contributed by atoms with Crippen LogP contribution >= 0.6 is 39.1 Å². The van der Waals surface area contributed by atoms with Gasteiger partial charge < -0.3 is 4.42 Å². The van der Waals surface area contributed by atoms with Gasteiger partial charge in [-0.25, -0.2) is 0 Å². The lowest BCUT2D eigenvalue weighted by Gasteiger charge is -1.99. The smallest absolute Gasteiger partial charge is 0.240 e. The van der Waals surface area contributed by atoms with E-state index in [1.165, 1.54) is 0 Å². The number of aromatic nitrogens is 2. The minimum absolute atomic E-state index is 0.410. The van der Waals surface area contributed by atoms with Crippen LogP contribution in [0.15, 0.2) is 51.4 Å². The van der Waals surface area contributed by atoms with E-state index >= 15 is 0 Å². The summed E-state index contributed by atoms with van der Waals surface area (Å²) in [5.74, 6) is 0.963. The Morgan fingerprint density at radius 1 is 0.957 bits per heavy atom. The molecular weight excluding hydrogens is 399 g/mol. The standard InChI is InChI=1S/C17H11BrCl2N2O/c18-12-6-4-11(5-7-12)10-17-22-21-16(23-17)9-8-13-14(19)2-1-3-15(13)20/h1-9H,10H2. The van der Waals surface area contributed by atoms with E-state index in [2.05, 4.69) is 26.1 Å². The molecule has 2 aromatic carbocycles. The van der Waals surface area contributed by atoms with Gasteiger partial charge in [-0.2, -0.15) is 0 Å². The maximum Gasteiger partial charge on any atom is 0.240 e. The van der Waals surface area contributed by atoms with Crippen molar-refractivity contribution in [3.8, 4) is 0 Å². The monoisotopic (exact) mass is 408 g/mol. The fourth-order valence-electron chi connectivity index (χ4n) is 2.01. The van der Waals surface area contributed by atoms with E-state index in [4.69, 9.17) is 27.6 Å². The molecule has 0 saturated heterocycles. The average Bonchev–Trinajstić information content (AvgIpc) is 2.97. The van der Waals surface area contributed by atoms with Gasteiger partial charge in [0.1, 0.15) is 0 Å². The van der Waals surface area contributed by atoms with Crippen molar-refractivity contribution in [2.24, 2.45) is 0 Å². The molecule has 116 valence electrons. The number of rotatable bonds is 4. The predicted octanol–water partition coefficient (Wildman–Crippen LogP) is 5.90. The summed E-state index contributed by atoms with van der Waals surface area (Å²) < 4.78 is 6.65. The van der Waals surface area contributed by atoms with Crippen molar-refractivity contribution >= 4 is 51.3 Å². The first-order valence-electron chi connectivity index (χ1n) is 6.81. The molecule has 0 amide bonds. The van der Waals surface area contributed by atoms with Crippen LogP contribution in [0, 0.1) is 0 Å². The molecule has 0 aliphatic rings. The predicted molar refractivity (Wildman–Crippen MR) is 96.6 cm³/mol. The lowest BCUT2D eigenvalue weighted by molar-refractivity contribution is 0.496. The van der Waals surface area contributed by atoms with Crippen LogP contribution in [0.1, 0.15) is 22.9 Å². The Morgan fingerprint density at radius 2 is 1.65 bits per heavy atom. The summed E-state index contributed by atoms with van der Waals surface area (Å²) in [6.07, 6.45) is 4.05. The van der Waals surface area contributed by atoms with E-state index < -0.39 is 0 Å². The van der Waals surface area contributed by atoms with E-state index in [0.29, 0.717) is 28.2 Å². The molecule has 0 radical (unpaired) electrons. The average molecular weight is 410 g/mol. The fraction of sp³-hybridized carbons (Fsp3) is 0.0588. The Kier molecular flexibility index (Phi) is 5.16. The zero-order valence-corrected chi connectivity index (χ0v) is 14.9. The molecule has 1 heterocycles. The molecule has 3 rings (SSSR count). The van der Waals surface area contributed by atoms with Crippen molar-refractivity contribution in [1.82, 2.24) is 10.2 Å². The van der Waals surface area contributed by atoms with Crippen molar-refractivity contribution < 1.29 is 4.42 Å². The van der Waals surface area contributed by atoms with E-state index in [1.54, 1.807) is 30.4 Å². The topological polar surface area (TPSA) is 38.9 Å². The summed E-state index contributed by atoms with van der Waals surface area (Å²) in [6.45, 7) is 0. The Hall–Kier alpha value is -1.62. The molecule has 0 N–H and O–H groups in total. The maximum absolute atomic E-state index is 6.11. The van der Waals surface area contributed by atoms with E-state index in [9.17, 15) is 0 Å².